The van der Waals surface area contributed by atoms with Crippen molar-refractivity contribution >= 4 is 34.9 Å². The van der Waals surface area contributed by atoms with Gasteiger partial charge in [-0.15, -0.1) is 11.8 Å². The van der Waals surface area contributed by atoms with E-state index in [1.54, 1.807) is 11.8 Å². The van der Waals surface area contributed by atoms with E-state index in [1.807, 2.05) is 18.7 Å². The second-order valence-electron chi connectivity index (χ2n) is 6.02. The molecule has 19 heavy (non-hydrogen) atoms. The maximum Gasteiger partial charge on any atom is 0.327 e. The van der Waals surface area contributed by atoms with E-state index in [1.165, 1.54) is 0 Å². The summed E-state index contributed by atoms with van der Waals surface area (Å²) < 4.78 is -0.355. The van der Waals surface area contributed by atoms with Crippen LogP contribution in [0.4, 0.5) is 0 Å². The number of nitrogens with two attached hydrogens (primary N) is 1. The molecule has 0 bridgehead atoms. The van der Waals surface area contributed by atoms with Crippen LogP contribution in [0.3, 0.4) is 0 Å². The molecule has 0 aromatic rings. The zero-order valence-corrected chi connectivity index (χ0v) is 13.3. The van der Waals surface area contributed by atoms with Crippen LogP contribution in [-0.4, -0.2) is 42.7 Å². The smallest absolute Gasteiger partial charge is 0.327 e. The first-order chi connectivity index (χ1) is 8.75. The second kappa shape index (κ2) is 4.90. The number of aliphatic carboxylic acids is 1. The highest BCUT2D eigenvalue weighted by atomic mass is 32.2. The van der Waals surface area contributed by atoms with Crippen LogP contribution >= 0.6 is 24.0 Å². The third-order valence-electron chi connectivity index (χ3n) is 4.11. The first kappa shape index (κ1) is 15.1. The maximum absolute atomic E-state index is 11.5. The van der Waals surface area contributed by atoms with E-state index in [4.69, 9.17) is 18.0 Å². The molecule has 2 saturated heterocycles. The highest BCUT2D eigenvalue weighted by molar-refractivity contribution is 8.02. The third-order valence-corrected chi connectivity index (χ3v) is 6.40. The van der Waals surface area contributed by atoms with Gasteiger partial charge < -0.3 is 15.7 Å². The predicted molar refractivity (Wildman–Crippen MR) is 82.4 cm³/mol. The molecule has 6 heteroatoms. The Labute approximate surface area is 124 Å². The van der Waals surface area contributed by atoms with E-state index in [-0.39, 0.29) is 10.1 Å². The lowest BCUT2D eigenvalue weighted by Gasteiger charge is -2.54. The summed E-state index contributed by atoms with van der Waals surface area (Å²) in [5, 5.41) is 9.44. The number of thiocarbonyl (C=S) groups is 1. The Balaban J connectivity index is 2.16. The molecular formula is C13H22N2O2S2. The van der Waals surface area contributed by atoms with Crippen LogP contribution in [0.1, 0.15) is 46.5 Å². The molecule has 0 aromatic heterocycles. The van der Waals surface area contributed by atoms with Gasteiger partial charge in [-0.1, -0.05) is 38.4 Å². The van der Waals surface area contributed by atoms with Crippen molar-refractivity contribution in [1.82, 2.24) is 4.90 Å². The van der Waals surface area contributed by atoms with E-state index in [0.717, 1.165) is 25.7 Å². The van der Waals surface area contributed by atoms with Gasteiger partial charge in [0.2, 0.25) is 0 Å². The zero-order valence-electron chi connectivity index (χ0n) is 11.7. The molecule has 0 saturated carbocycles. The molecular weight excluding hydrogens is 280 g/mol. The minimum absolute atomic E-state index is 0.0213. The zero-order chi connectivity index (χ0) is 14.4. The Morgan fingerprint density at radius 3 is 2.68 bits per heavy atom. The molecule has 2 aliphatic rings. The van der Waals surface area contributed by atoms with Crippen LogP contribution in [-0.2, 0) is 4.79 Å². The molecule has 3 N–H and O–H groups in total. The van der Waals surface area contributed by atoms with Crippen molar-refractivity contribution in [3.63, 3.8) is 0 Å². The molecule has 0 aliphatic carbocycles. The van der Waals surface area contributed by atoms with Crippen LogP contribution in [0.2, 0.25) is 0 Å². The largest absolute Gasteiger partial charge is 0.480 e. The first-order valence-electron chi connectivity index (χ1n) is 6.78. The number of nitrogens with zero attached hydrogens (tertiary/aromatic N) is 1. The number of carbonyl (C=O) groups is 1. The molecule has 0 radical (unpaired) electrons. The molecule has 3 atom stereocenters. The van der Waals surface area contributed by atoms with Crippen molar-refractivity contribution < 1.29 is 9.90 Å². The third kappa shape index (κ3) is 2.17. The van der Waals surface area contributed by atoms with E-state index < -0.39 is 17.6 Å². The fourth-order valence-corrected chi connectivity index (χ4v) is 5.32. The van der Waals surface area contributed by atoms with Gasteiger partial charge in [-0.3, -0.25) is 0 Å². The number of carboxylic acids is 1. The SMILES string of the molecule is CCCCC[C@]1(N)C(=S)N2[C@@H](C(=O)O)C(C)(C)S[C@@H]21. The Hall–Kier alpha value is -0.330. The number of fused-ring (bicyclic) bond motifs is 1. The summed E-state index contributed by atoms with van der Waals surface area (Å²) in [6.07, 6.45) is 4.20. The van der Waals surface area contributed by atoms with Gasteiger partial charge in [0, 0.05) is 4.75 Å². The Morgan fingerprint density at radius 2 is 2.16 bits per heavy atom. The highest BCUT2D eigenvalue weighted by Crippen LogP contribution is 2.55. The Morgan fingerprint density at radius 1 is 1.53 bits per heavy atom. The van der Waals surface area contributed by atoms with Gasteiger partial charge in [-0.2, -0.15) is 0 Å². The van der Waals surface area contributed by atoms with E-state index in [2.05, 4.69) is 6.92 Å². The van der Waals surface area contributed by atoms with Crippen LogP contribution in [0, 0.1) is 0 Å². The van der Waals surface area contributed by atoms with Crippen molar-refractivity contribution in [2.45, 2.75) is 68.2 Å². The van der Waals surface area contributed by atoms with Crippen molar-refractivity contribution in [3.05, 3.63) is 0 Å². The Kier molecular flexibility index (Phi) is 3.88. The van der Waals surface area contributed by atoms with Gasteiger partial charge in [0.15, 0.2) is 0 Å². The summed E-state index contributed by atoms with van der Waals surface area (Å²) in [7, 11) is 0. The molecule has 0 amide bonds. The fourth-order valence-electron chi connectivity index (χ4n) is 3.05. The quantitative estimate of drug-likeness (QED) is 0.599. The Bertz CT molecular complexity index is 413. The van der Waals surface area contributed by atoms with Gasteiger partial charge >= 0.3 is 5.97 Å². The van der Waals surface area contributed by atoms with Crippen molar-refractivity contribution in [2.24, 2.45) is 5.73 Å². The number of unbranched alkanes of at least 4 members (excludes halogenated alkanes) is 2. The number of carboxylic acid groups (broad SMARTS) is 1. The summed E-state index contributed by atoms with van der Waals surface area (Å²) in [6, 6.07) is -0.558. The second-order valence-corrected chi connectivity index (χ2v) is 8.15. The van der Waals surface area contributed by atoms with Gasteiger partial charge in [-0.25, -0.2) is 4.79 Å². The number of rotatable bonds is 5. The van der Waals surface area contributed by atoms with Crippen molar-refractivity contribution in [2.75, 3.05) is 0 Å². The lowest BCUT2D eigenvalue weighted by atomic mass is 9.82. The summed E-state index contributed by atoms with van der Waals surface area (Å²) in [5.74, 6) is -0.807. The maximum atomic E-state index is 11.5. The molecule has 2 aliphatic heterocycles. The van der Waals surface area contributed by atoms with Crippen molar-refractivity contribution in [3.8, 4) is 0 Å². The van der Waals surface area contributed by atoms with E-state index in [9.17, 15) is 9.90 Å². The van der Waals surface area contributed by atoms with Gasteiger partial charge in [-0.05, 0) is 20.3 Å². The minimum Gasteiger partial charge on any atom is -0.480 e. The minimum atomic E-state index is -0.807. The summed E-state index contributed by atoms with van der Waals surface area (Å²) in [6.45, 7) is 6.08. The van der Waals surface area contributed by atoms with Gasteiger partial charge in [0.25, 0.3) is 0 Å². The topological polar surface area (TPSA) is 66.6 Å². The lowest BCUT2D eigenvalue weighted by molar-refractivity contribution is -0.143. The van der Waals surface area contributed by atoms with Crippen LogP contribution in [0.5, 0.6) is 0 Å². The molecule has 2 rings (SSSR count). The molecule has 0 aromatic carbocycles. The van der Waals surface area contributed by atoms with Crippen LogP contribution in [0.25, 0.3) is 0 Å². The summed E-state index contributed by atoms with van der Waals surface area (Å²) >= 11 is 7.08. The van der Waals surface area contributed by atoms with Gasteiger partial charge in [0.05, 0.1) is 5.54 Å². The number of hydrogen-bond donors (Lipinski definition) is 2. The molecule has 4 nitrogen and oxygen atoms in total. The summed E-state index contributed by atoms with van der Waals surface area (Å²) in [4.78, 5) is 13.9. The number of hydrogen-bond acceptors (Lipinski definition) is 4. The molecule has 0 unspecified atom stereocenters. The summed E-state index contributed by atoms with van der Waals surface area (Å²) in [5.41, 5.74) is 5.97. The van der Waals surface area contributed by atoms with Gasteiger partial charge in [0.1, 0.15) is 16.4 Å². The lowest BCUT2D eigenvalue weighted by Crippen LogP contribution is -2.76. The average Bonchev–Trinajstić information content (AvgIpc) is 2.59. The fraction of sp³-hybridized carbons (Fsp3) is 0.846. The highest BCUT2D eigenvalue weighted by Gasteiger charge is 2.67. The van der Waals surface area contributed by atoms with Crippen molar-refractivity contribution in [1.29, 1.82) is 0 Å². The molecule has 2 heterocycles. The molecule has 2 fully saturated rings. The number of thioether (sulfide) groups is 1. The van der Waals surface area contributed by atoms with Crippen LogP contribution in [0.15, 0.2) is 0 Å². The van der Waals surface area contributed by atoms with E-state index >= 15 is 0 Å². The predicted octanol–water partition coefficient (Wildman–Crippen LogP) is 2.21. The monoisotopic (exact) mass is 302 g/mol. The normalized spacial score (nSPS) is 36.0. The first-order valence-corrected chi connectivity index (χ1v) is 8.06. The standard InChI is InChI=1S/C13H22N2O2S2/c1-4-5-6-7-13(14)10(18)15-8(9(16)17)12(2,3)19-11(13)15/h8,11H,4-7,14H2,1-3H3,(H,16,17)/t8-,11+,13-/m0/s1. The molecule has 0 spiro atoms. The van der Waals surface area contributed by atoms with Crippen LogP contribution < -0.4 is 5.73 Å². The average molecular weight is 302 g/mol. The molecule has 108 valence electrons. The van der Waals surface area contributed by atoms with E-state index in [0.29, 0.717) is 4.99 Å².